The lowest BCUT2D eigenvalue weighted by atomic mass is 10.2. The number of H-pyrrole nitrogens is 1. The molecule has 4 aromatic rings. The number of rotatable bonds is 7. The molecule has 0 saturated carbocycles. The summed E-state index contributed by atoms with van der Waals surface area (Å²) in [5, 5.41) is 12.2. The molecule has 4 rings (SSSR count). The summed E-state index contributed by atoms with van der Waals surface area (Å²) in [5.74, 6) is 0.506. The molecule has 0 aliphatic carbocycles. The first-order chi connectivity index (χ1) is 13.6. The van der Waals surface area contributed by atoms with Crippen molar-refractivity contribution in [1.82, 2.24) is 20.5 Å². The van der Waals surface area contributed by atoms with Crippen LogP contribution in [-0.4, -0.2) is 32.6 Å². The lowest BCUT2D eigenvalue weighted by Crippen LogP contribution is -2.18. The molecule has 9 heteroatoms. The van der Waals surface area contributed by atoms with Gasteiger partial charge >= 0.3 is 0 Å². The van der Waals surface area contributed by atoms with Crippen molar-refractivity contribution in [3.63, 3.8) is 0 Å². The Morgan fingerprint density at radius 3 is 2.93 bits per heavy atom. The summed E-state index contributed by atoms with van der Waals surface area (Å²) in [6.07, 6.45) is 1.83. The van der Waals surface area contributed by atoms with Gasteiger partial charge in [-0.15, -0.1) is 21.5 Å². The van der Waals surface area contributed by atoms with E-state index in [9.17, 15) is 9.59 Å². The van der Waals surface area contributed by atoms with Crippen molar-refractivity contribution < 1.29 is 14.0 Å². The number of aromatic nitrogens is 3. The van der Waals surface area contributed by atoms with E-state index < -0.39 is 0 Å². The smallest absolute Gasteiger partial charge is 0.277 e. The zero-order chi connectivity index (χ0) is 19.5. The standard InChI is InChI=1S/C19H16N4O3S2/c1-11(24)20-8-12-6-7-17(28-12)16(25)10-27-19-23-22-18(26-19)14-9-21-15-5-3-2-4-13(14)15/h2-7,9,21H,8,10H2,1H3,(H,20,24). The van der Waals surface area contributed by atoms with Crippen LogP contribution in [0.25, 0.3) is 22.4 Å². The Bertz CT molecular complexity index is 1140. The first-order valence-corrected chi connectivity index (χ1v) is 10.3. The molecule has 0 saturated heterocycles. The zero-order valence-corrected chi connectivity index (χ0v) is 16.5. The fourth-order valence-corrected chi connectivity index (χ4v) is 4.28. The van der Waals surface area contributed by atoms with Gasteiger partial charge in [-0.2, -0.15) is 0 Å². The van der Waals surface area contributed by atoms with Crippen LogP contribution in [0, 0.1) is 0 Å². The molecule has 142 valence electrons. The Balaban J connectivity index is 1.39. The van der Waals surface area contributed by atoms with Crippen molar-refractivity contribution in [3.8, 4) is 11.5 Å². The van der Waals surface area contributed by atoms with Gasteiger partial charge in [-0.05, 0) is 18.2 Å². The topological polar surface area (TPSA) is 101 Å². The van der Waals surface area contributed by atoms with E-state index in [1.165, 1.54) is 30.0 Å². The number of para-hydroxylation sites is 1. The van der Waals surface area contributed by atoms with Crippen LogP contribution >= 0.6 is 23.1 Å². The largest absolute Gasteiger partial charge is 0.411 e. The minimum atomic E-state index is -0.0979. The van der Waals surface area contributed by atoms with E-state index in [-0.39, 0.29) is 17.4 Å². The Hall–Kier alpha value is -2.91. The van der Waals surface area contributed by atoms with Crippen LogP contribution in [0.2, 0.25) is 0 Å². The van der Waals surface area contributed by atoms with Gasteiger partial charge in [0.2, 0.25) is 5.91 Å². The van der Waals surface area contributed by atoms with Gasteiger partial charge in [0, 0.05) is 28.9 Å². The number of aromatic amines is 1. The van der Waals surface area contributed by atoms with Crippen molar-refractivity contribution in [2.75, 3.05) is 5.75 Å². The van der Waals surface area contributed by atoms with E-state index >= 15 is 0 Å². The normalized spacial score (nSPS) is 11.0. The van der Waals surface area contributed by atoms with E-state index in [4.69, 9.17) is 4.42 Å². The molecule has 0 unspecified atom stereocenters. The second-order valence-electron chi connectivity index (χ2n) is 6.01. The van der Waals surface area contributed by atoms with E-state index in [0.29, 0.717) is 22.5 Å². The van der Waals surface area contributed by atoms with Gasteiger partial charge in [-0.1, -0.05) is 30.0 Å². The molecule has 0 fully saturated rings. The highest BCUT2D eigenvalue weighted by Gasteiger charge is 2.16. The quantitative estimate of drug-likeness (QED) is 0.353. The van der Waals surface area contributed by atoms with E-state index in [1.807, 2.05) is 36.5 Å². The number of fused-ring (bicyclic) bond motifs is 1. The fraction of sp³-hybridized carbons (Fsp3) is 0.158. The second-order valence-corrected chi connectivity index (χ2v) is 8.10. The molecule has 28 heavy (non-hydrogen) atoms. The van der Waals surface area contributed by atoms with Crippen LogP contribution in [0.5, 0.6) is 0 Å². The molecule has 3 aromatic heterocycles. The Labute approximate surface area is 168 Å². The summed E-state index contributed by atoms with van der Waals surface area (Å²) < 4.78 is 5.72. The Morgan fingerprint density at radius 1 is 1.21 bits per heavy atom. The summed E-state index contributed by atoms with van der Waals surface area (Å²) in [6.45, 7) is 1.89. The monoisotopic (exact) mass is 412 g/mol. The van der Waals surface area contributed by atoms with E-state index in [0.717, 1.165) is 21.3 Å². The highest BCUT2D eigenvalue weighted by molar-refractivity contribution is 7.99. The van der Waals surface area contributed by atoms with Crippen molar-refractivity contribution in [2.45, 2.75) is 18.7 Å². The number of thiophene rings is 1. The maximum absolute atomic E-state index is 12.4. The molecule has 0 aliphatic rings. The van der Waals surface area contributed by atoms with Crippen molar-refractivity contribution in [1.29, 1.82) is 0 Å². The summed E-state index contributed by atoms with van der Waals surface area (Å²) in [4.78, 5) is 28.1. The lowest BCUT2D eigenvalue weighted by molar-refractivity contribution is -0.119. The number of ketones is 1. The van der Waals surface area contributed by atoms with Gasteiger partial charge < -0.3 is 14.7 Å². The van der Waals surface area contributed by atoms with Crippen LogP contribution in [0.1, 0.15) is 21.5 Å². The molecule has 0 aliphatic heterocycles. The highest BCUT2D eigenvalue weighted by atomic mass is 32.2. The third-order valence-electron chi connectivity index (χ3n) is 4.00. The van der Waals surface area contributed by atoms with Crippen LogP contribution in [-0.2, 0) is 11.3 Å². The summed E-state index contributed by atoms with van der Waals surface area (Å²) in [7, 11) is 0. The molecule has 3 heterocycles. The molecule has 0 radical (unpaired) electrons. The predicted molar refractivity (Wildman–Crippen MR) is 108 cm³/mol. The summed E-state index contributed by atoms with van der Waals surface area (Å²) >= 11 is 2.59. The number of hydrogen-bond acceptors (Lipinski definition) is 7. The first-order valence-electron chi connectivity index (χ1n) is 8.49. The number of carbonyl (C=O) groups is 2. The van der Waals surface area contributed by atoms with Crippen molar-refractivity contribution >= 4 is 45.7 Å². The second kappa shape index (κ2) is 7.99. The molecule has 0 atom stereocenters. The van der Waals surface area contributed by atoms with Crippen LogP contribution in [0.3, 0.4) is 0 Å². The number of Topliss-reactive ketones (excluding diaryl/α,β-unsaturated/α-hetero) is 1. The zero-order valence-electron chi connectivity index (χ0n) is 14.9. The lowest BCUT2D eigenvalue weighted by Gasteiger charge is -1.97. The van der Waals surface area contributed by atoms with Crippen LogP contribution in [0.4, 0.5) is 0 Å². The average Bonchev–Trinajstić information content (AvgIpc) is 3.43. The van der Waals surface area contributed by atoms with Gasteiger partial charge in [0.25, 0.3) is 11.1 Å². The van der Waals surface area contributed by atoms with Gasteiger partial charge in [-0.3, -0.25) is 9.59 Å². The van der Waals surface area contributed by atoms with Crippen molar-refractivity contribution in [3.05, 3.63) is 52.3 Å². The van der Waals surface area contributed by atoms with Gasteiger partial charge in [0.1, 0.15) is 0 Å². The third kappa shape index (κ3) is 4.00. The number of hydrogen-bond donors (Lipinski definition) is 2. The molecule has 1 aromatic carbocycles. The third-order valence-corrected chi connectivity index (χ3v) is 5.95. The summed E-state index contributed by atoms with van der Waals surface area (Å²) in [6, 6.07) is 11.5. The number of carbonyl (C=O) groups excluding carboxylic acids is 2. The SMILES string of the molecule is CC(=O)NCc1ccc(C(=O)CSc2nnc(-c3c[nH]c4ccccc34)o2)s1. The molecular weight excluding hydrogens is 396 g/mol. The molecule has 2 N–H and O–H groups in total. The Kier molecular flexibility index (Phi) is 5.27. The summed E-state index contributed by atoms with van der Waals surface area (Å²) in [5.41, 5.74) is 1.83. The van der Waals surface area contributed by atoms with Crippen molar-refractivity contribution in [2.24, 2.45) is 0 Å². The highest BCUT2D eigenvalue weighted by Crippen LogP contribution is 2.30. The average molecular weight is 412 g/mol. The molecule has 1 amide bonds. The fourth-order valence-electron chi connectivity index (χ4n) is 2.66. The Morgan fingerprint density at radius 2 is 2.07 bits per heavy atom. The predicted octanol–water partition coefficient (Wildman–Crippen LogP) is 3.89. The van der Waals surface area contributed by atoms with E-state index in [2.05, 4.69) is 20.5 Å². The maximum Gasteiger partial charge on any atom is 0.277 e. The molecule has 0 spiro atoms. The number of thioether (sulfide) groups is 1. The maximum atomic E-state index is 12.4. The number of benzene rings is 1. The number of nitrogens with zero attached hydrogens (tertiary/aromatic N) is 2. The first kappa shape index (κ1) is 18.5. The molecular formula is C19H16N4O3S2. The van der Waals surface area contributed by atoms with Gasteiger partial charge in [0.05, 0.1) is 22.7 Å². The molecule has 0 bridgehead atoms. The van der Waals surface area contributed by atoms with Crippen LogP contribution in [0.15, 0.2) is 52.2 Å². The minimum Gasteiger partial charge on any atom is -0.411 e. The molecule has 7 nitrogen and oxygen atoms in total. The van der Waals surface area contributed by atoms with Crippen LogP contribution < -0.4 is 5.32 Å². The minimum absolute atomic E-state index is 0.0177. The number of amides is 1. The number of nitrogens with one attached hydrogen (secondary N) is 2. The van der Waals surface area contributed by atoms with E-state index in [1.54, 1.807) is 6.07 Å². The van der Waals surface area contributed by atoms with Gasteiger partial charge in [-0.25, -0.2) is 0 Å². The van der Waals surface area contributed by atoms with Gasteiger partial charge in [0.15, 0.2) is 5.78 Å².